The van der Waals surface area contributed by atoms with Crippen LogP contribution in [0.15, 0.2) is 34.2 Å². The molecule has 1 aliphatic rings. The number of rotatable bonds is 8. The number of piperidine rings is 1. The third-order valence-corrected chi connectivity index (χ3v) is 7.44. The first-order chi connectivity index (χ1) is 12.9. The molecule has 0 aliphatic carbocycles. The van der Waals surface area contributed by atoms with E-state index in [1.165, 1.54) is 12.1 Å². The van der Waals surface area contributed by atoms with E-state index >= 15 is 0 Å². The van der Waals surface area contributed by atoms with Crippen molar-refractivity contribution in [3.05, 3.63) is 30.1 Å². The van der Waals surface area contributed by atoms with Crippen molar-refractivity contribution in [2.24, 2.45) is 4.99 Å². The van der Waals surface area contributed by atoms with Gasteiger partial charge in [0.2, 0.25) is 10.0 Å². The highest BCUT2D eigenvalue weighted by Crippen LogP contribution is 2.17. The van der Waals surface area contributed by atoms with Crippen molar-refractivity contribution in [2.45, 2.75) is 37.1 Å². The maximum absolute atomic E-state index is 12.9. The molecular weight excluding hydrogens is 387 g/mol. The summed E-state index contributed by atoms with van der Waals surface area (Å²) in [6.45, 7) is 3.72. The van der Waals surface area contributed by atoms with Crippen molar-refractivity contribution >= 4 is 27.7 Å². The monoisotopic (exact) mass is 416 g/mol. The van der Waals surface area contributed by atoms with E-state index < -0.39 is 10.0 Å². The third kappa shape index (κ3) is 7.31. The van der Waals surface area contributed by atoms with Crippen molar-refractivity contribution in [2.75, 3.05) is 38.2 Å². The van der Waals surface area contributed by atoms with Gasteiger partial charge in [0.1, 0.15) is 5.82 Å². The second kappa shape index (κ2) is 10.9. The molecule has 152 valence electrons. The Labute approximate surface area is 166 Å². The maximum atomic E-state index is 12.9. The van der Waals surface area contributed by atoms with E-state index in [4.69, 9.17) is 0 Å². The van der Waals surface area contributed by atoms with Gasteiger partial charge in [0.15, 0.2) is 5.96 Å². The van der Waals surface area contributed by atoms with Crippen molar-refractivity contribution in [1.82, 2.24) is 14.9 Å². The topological polar surface area (TPSA) is 73.8 Å². The molecule has 6 nitrogen and oxygen atoms in total. The molecule has 0 unspecified atom stereocenters. The molecule has 9 heteroatoms. The zero-order valence-electron chi connectivity index (χ0n) is 15.9. The average Bonchev–Trinajstić information content (AvgIpc) is 2.66. The second-order valence-corrected chi connectivity index (χ2v) is 9.69. The third-order valence-electron chi connectivity index (χ3n) is 4.35. The second-order valence-electron chi connectivity index (χ2n) is 6.44. The van der Waals surface area contributed by atoms with Crippen molar-refractivity contribution < 1.29 is 12.8 Å². The lowest BCUT2D eigenvalue weighted by molar-refractivity contribution is 0.306. The fourth-order valence-electron chi connectivity index (χ4n) is 2.92. The van der Waals surface area contributed by atoms with Gasteiger partial charge in [-0.25, -0.2) is 17.1 Å². The number of hydrogen-bond donors (Lipinski definition) is 2. The fourth-order valence-corrected chi connectivity index (χ4v) is 5.23. The van der Waals surface area contributed by atoms with Crippen LogP contribution in [-0.2, 0) is 10.0 Å². The first kappa shape index (κ1) is 22.0. The molecular formula is C18H29FN4O2S2. The molecule has 0 aromatic heterocycles. The zero-order chi connectivity index (χ0) is 19.7. The molecule has 27 heavy (non-hydrogen) atoms. The number of nitrogens with one attached hydrogen (secondary N) is 2. The minimum Gasteiger partial charge on any atom is -0.356 e. The van der Waals surface area contributed by atoms with Crippen LogP contribution < -0.4 is 10.6 Å². The molecule has 0 spiro atoms. The molecule has 0 saturated carbocycles. The molecule has 0 radical (unpaired) electrons. The number of sulfonamides is 1. The Bertz CT molecular complexity index is 703. The first-order valence-electron chi connectivity index (χ1n) is 9.28. The van der Waals surface area contributed by atoms with E-state index in [0.29, 0.717) is 19.5 Å². The Morgan fingerprint density at radius 3 is 2.56 bits per heavy atom. The quantitative estimate of drug-likeness (QED) is 0.294. The summed E-state index contributed by atoms with van der Waals surface area (Å²) < 4.78 is 38.8. The standard InChI is InChI=1S/C18H29FN4O2S2/c1-3-14-27(24,25)23-11-8-16(9-12-23)22-18(20-2)21-10-13-26-17-6-4-15(19)5-7-17/h4-7,16H,3,8-14H2,1-2H3,(H2,20,21,22). The maximum Gasteiger partial charge on any atom is 0.214 e. The van der Waals surface area contributed by atoms with E-state index in [-0.39, 0.29) is 17.6 Å². The lowest BCUT2D eigenvalue weighted by Gasteiger charge is -2.32. The Morgan fingerprint density at radius 1 is 1.30 bits per heavy atom. The van der Waals surface area contributed by atoms with Gasteiger partial charge < -0.3 is 10.6 Å². The number of aliphatic imine (C=N–C) groups is 1. The molecule has 0 atom stereocenters. The molecule has 1 fully saturated rings. The number of hydrogen-bond acceptors (Lipinski definition) is 4. The van der Waals surface area contributed by atoms with Crippen LogP contribution in [0.4, 0.5) is 4.39 Å². The predicted octanol–water partition coefficient (Wildman–Crippen LogP) is 2.29. The van der Waals surface area contributed by atoms with Gasteiger partial charge in [0.25, 0.3) is 0 Å². The number of benzene rings is 1. The van der Waals surface area contributed by atoms with Crippen molar-refractivity contribution in [3.8, 4) is 0 Å². The molecule has 1 heterocycles. The van der Waals surface area contributed by atoms with Crippen LogP contribution >= 0.6 is 11.8 Å². The number of nitrogens with zero attached hydrogens (tertiary/aromatic N) is 2. The van der Waals surface area contributed by atoms with E-state index in [2.05, 4.69) is 15.6 Å². The van der Waals surface area contributed by atoms with Crippen molar-refractivity contribution in [1.29, 1.82) is 0 Å². The smallest absolute Gasteiger partial charge is 0.214 e. The van der Waals surface area contributed by atoms with E-state index in [1.54, 1.807) is 35.2 Å². The molecule has 0 amide bonds. The minimum atomic E-state index is -3.10. The summed E-state index contributed by atoms with van der Waals surface area (Å²) in [4.78, 5) is 5.27. The number of thioether (sulfide) groups is 1. The summed E-state index contributed by atoms with van der Waals surface area (Å²) in [6.07, 6.45) is 2.19. The minimum absolute atomic E-state index is 0.217. The normalized spacial score (nSPS) is 17.1. The summed E-state index contributed by atoms with van der Waals surface area (Å²) in [5, 5.41) is 6.65. The zero-order valence-corrected chi connectivity index (χ0v) is 17.6. The molecule has 1 aromatic carbocycles. The highest BCUT2D eigenvalue weighted by molar-refractivity contribution is 7.99. The Kier molecular flexibility index (Phi) is 8.85. The van der Waals surface area contributed by atoms with Gasteiger partial charge in [-0.1, -0.05) is 6.92 Å². The molecule has 2 rings (SSSR count). The van der Waals surface area contributed by atoms with Crippen molar-refractivity contribution in [3.63, 3.8) is 0 Å². The Morgan fingerprint density at radius 2 is 1.96 bits per heavy atom. The average molecular weight is 417 g/mol. The molecule has 1 aromatic rings. The molecule has 1 saturated heterocycles. The van der Waals surface area contributed by atoms with Gasteiger partial charge >= 0.3 is 0 Å². The van der Waals surface area contributed by atoms with E-state index in [9.17, 15) is 12.8 Å². The van der Waals surface area contributed by atoms with Crippen LogP contribution in [0.25, 0.3) is 0 Å². The lowest BCUT2D eigenvalue weighted by atomic mass is 10.1. The van der Waals surface area contributed by atoms with E-state index in [1.807, 2.05) is 6.92 Å². The van der Waals surface area contributed by atoms with E-state index in [0.717, 1.165) is 36.0 Å². The van der Waals surface area contributed by atoms with Gasteiger partial charge in [0, 0.05) is 43.4 Å². The summed E-state index contributed by atoms with van der Waals surface area (Å²) in [5.74, 6) is 1.56. The summed E-state index contributed by atoms with van der Waals surface area (Å²) in [6, 6.07) is 6.68. The highest BCUT2D eigenvalue weighted by Gasteiger charge is 2.27. The van der Waals surface area contributed by atoms with Gasteiger partial charge in [-0.3, -0.25) is 4.99 Å². The van der Waals surface area contributed by atoms with Crippen LogP contribution in [0.3, 0.4) is 0 Å². The first-order valence-corrected chi connectivity index (χ1v) is 11.9. The highest BCUT2D eigenvalue weighted by atomic mass is 32.2. The van der Waals surface area contributed by atoms with Gasteiger partial charge in [-0.2, -0.15) is 0 Å². The van der Waals surface area contributed by atoms with Crippen LogP contribution in [0.2, 0.25) is 0 Å². The van der Waals surface area contributed by atoms with Crippen LogP contribution in [0.1, 0.15) is 26.2 Å². The fraction of sp³-hybridized carbons (Fsp3) is 0.611. The van der Waals surface area contributed by atoms with Crippen LogP contribution in [0.5, 0.6) is 0 Å². The SMILES string of the molecule is CCCS(=O)(=O)N1CCC(NC(=NC)NCCSc2ccc(F)cc2)CC1. The summed E-state index contributed by atoms with van der Waals surface area (Å²) in [5.41, 5.74) is 0. The predicted molar refractivity (Wildman–Crippen MR) is 110 cm³/mol. The van der Waals surface area contributed by atoms with Crippen LogP contribution in [0, 0.1) is 5.82 Å². The Balaban J connectivity index is 1.69. The molecule has 1 aliphatic heterocycles. The summed E-state index contributed by atoms with van der Waals surface area (Å²) >= 11 is 1.65. The Hall–Kier alpha value is -1.32. The number of guanidine groups is 1. The number of halogens is 1. The van der Waals surface area contributed by atoms with Gasteiger partial charge in [-0.15, -0.1) is 11.8 Å². The summed E-state index contributed by atoms with van der Waals surface area (Å²) in [7, 11) is -1.38. The van der Waals surface area contributed by atoms with Crippen LogP contribution in [-0.4, -0.2) is 62.9 Å². The largest absolute Gasteiger partial charge is 0.356 e. The molecule has 0 bridgehead atoms. The van der Waals surface area contributed by atoms with Gasteiger partial charge in [0.05, 0.1) is 5.75 Å². The van der Waals surface area contributed by atoms with Gasteiger partial charge in [-0.05, 0) is 43.5 Å². The lowest BCUT2D eigenvalue weighted by Crippen LogP contribution is -2.50. The molecule has 2 N–H and O–H groups in total.